The lowest BCUT2D eigenvalue weighted by Crippen LogP contribution is -2.50. The summed E-state index contributed by atoms with van der Waals surface area (Å²) in [5.41, 5.74) is 3.67. The van der Waals surface area contributed by atoms with Crippen LogP contribution in [0.5, 0.6) is 0 Å². The average Bonchev–Trinajstić information content (AvgIpc) is 3.11. The Balaban J connectivity index is 1.40. The van der Waals surface area contributed by atoms with Gasteiger partial charge in [0.1, 0.15) is 5.82 Å². The number of benzene rings is 1. The number of nitrogens with zero attached hydrogens (tertiary/aromatic N) is 5. The van der Waals surface area contributed by atoms with E-state index in [-0.39, 0.29) is 17.7 Å². The Kier molecular flexibility index (Phi) is 5.28. The summed E-state index contributed by atoms with van der Waals surface area (Å²) in [5.74, 6) is 0.529. The maximum Gasteiger partial charge on any atom is 0.255 e. The fourth-order valence-electron chi connectivity index (χ4n) is 4.85. The number of hydrogen-bond donors (Lipinski definition) is 1. The molecule has 1 atom stereocenters. The molecule has 3 amide bonds. The Morgan fingerprint density at radius 3 is 2.52 bits per heavy atom. The lowest BCUT2D eigenvalue weighted by atomic mass is 9.99. The molecule has 1 aromatic heterocycles. The molecule has 33 heavy (non-hydrogen) atoms. The van der Waals surface area contributed by atoms with E-state index in [0.29, 0.717) is 62.6 Å². The lowest BCUT2D eigenvalue weighted by molar-refractivity contribution is -0.130. The molecule has 0 unspecified atom stereocenters. The third-order valence-corrected chi connectivity index (χ3v) is 6.78. The Morgan fingerprint density at radius 1 is 1.06 bits per heavy atom. The number of fused-ring (bicyclic) bond motifs is 2. The quantitative estimate of drug-likeness (QED) is 0.747. The summed E-state index contributed by atoms with van der Waals surface area (Å²) in [6, 6.07) is 7.50. The number of pyridine rings is 1. The van der Waals surface area contributed by atoms with Crippen LogP contribution >= 0.6 is 0 Å². The minimum absolute atomic E-state index is 0.0170. The first-order chi connectivity index (χ1) is 15.8. The van der Waals surface area contributed by atoms with Crippen LogP contribution in [0.15, 0.2) is 30.5 Å². The zero-order chi connectivity index (χ0) is 23.3. The molecule has 1 fully saturated rings. The highest BCUT2D eigenvalue weighted by atomic mass is 16.3. The van der Waals surface area contributed by atoms with E-state index in [1.807, 2.05) is 23.1 Å². The van der Waals surface area contributed by atoms with Gasteiger partial charge in [0, 0.05) is 76.3 Å². The van der Waals surface area contributed by atoms with Gasteiger partial charge in [-0.05, 0) is 36.2 Å². The summed E-state index contributed by atoms with van der Waals surface area (Å²) in [6.45, 7) is 4.69. The molecular weight excluding hydrogens is 422 g/mol. The van der Waals surface area contributed by atoms with Crippen molar-refractivity contribution in [2.45, 2.75) is 26.0 Å². The van der Waals surface area contributed by atoms with Crippen molar-refractivity contribution in [3.8, 4) is 0 Å². The summed E-state index contributed by atoms with van der Waals surface area (Å²) >= 11 is 0. The zero-order valence-corrected chi connectivity index (χ0v) is 18.8. The maximum absolute atomic E-state index is 13.1. The van der Waals surface area contributed by atoms with Gasteiger partial charge in [0.2, 0.25) is 5.91 Å². The van der Waals surface area contributed by atoms with Gasteiger partial charge in [0.15, 0.2) is 0 Å². The number of aliphatic hydroxyl groups excluding tert-OH is 1. The van der Waals surface area contributed by atoms with E-state index in [2.05, 4.69) is 4.98 Å². The number of anilines is 2. The minimum atomic E-state index is -0.701. The summed E-state index contributed by atoms with van der Waals surface area (Å²) in [6.07, 6.45) is 1.38. The molecule has 1 aromatic carbocycles. The fraction of sp³-hybridized carbons (Fsp3) is 0.417. The molecule has 3 aliphatic rings. The molecule has 0 saturated carbocycles. The molecule has 2 aromatic rings. The van der Waals surface area contributed by atoms with Crippen molar-refractivity contribution < 1.29 is 19.5 Å². The highest BCUT2D eigenvalue weighted by molar-refractivity contribution is 5.99. The molecule has 0 spiro atoms. The van der Waals surface area contributed by atoms with Gasteiger partial charge in [-0.25, -0.2) is 4.98 Å². The molecule has 4 heterocycles. The van der Waals surface area contributed by atoms with Gasteiger partial charge in [-0.2, -0.15) is 0 Å². The molecule has 9 nitrogen and oxygen atoms in total. The zero-order valence-electron chi connectivity index (χ0n) is 18.8. The highest BCUT2D eigenvalue weighted by Gasteiger charge is 2.31. The van der Waals surface area contributed by atoms with Crippen molar-refractivity contribution in [1.29, 1.82) is 0 Å². The third-order valence-electron chi connectivity index (χ3n) is 6.78. The van der Waals surface area contributed by atoms with Gasteiger partial charge in [-0.1, -0.05) is 0 Å². The van der Waals surface area contributed by atoms with Crippen LogP contribution in [0.25, 0.3) is 0 Å². The lowest BCUT2D eigenvalue weighted by Gasteiger charge is -2.35. The Bertz CT molecular complexity index is 1140. The molecule has 0 radical (unpaired) electrons. The normalized spacial score (nSPS) is 20.1. The standard InChI is InChI=1S/C24H27N5O4/c1-15(30)27-7-9-28(10-8-27)23(32)16-12-20-21(31)5-6-29(22(20)25-13-16)18-3-4-19-17(11-18)14-26(2)24(19)33/h3-4,11-13,21,31H,5-10,14H2,1-2H3/t21-/m1/s1. The van der Waals surface area contributed by atoms with Crippen LogP contribution in [-0.2, 0) is 11.3 Å². The number of aromatic nitrogens is 1. The summed E-state index contributed by atoms with van der Waals surface area (Å²) in [5, 5.41) is 10.7. The summed E-state index contributed by atoms with van der Waals surface area (Å²) < 4.78 is 0. The SMILES string of the molecule is CC(=O)N1CCN(C(=O)c2cnc3c(c2)[C@H](O)CCN3c2ccc3c(c2)CN(C)C3=O)CC1. The number of rotatable bonds is 2. The van der Waals surface area contributed by atoms with E-state index in [4.69, 9.17) is 0 Å². The Morgan fingerprint density at radius 2 is 1.79 bits per heavy atom. The van der Waals surface area contributed by atoms with Crippen LogP contribution in [0, 0.1) is 0 Å². The molecular formula is C24H27N5O4. The van der Waals surface area contributed by atoms with Gasteiger partial charge < -0.3 is 24.7 Å². The monoisotopic (exact) mass is 449 g/mol. The molecule has 1 saturated heterocycles. The van der Waals surface area contributed by atoms with Crippen LogP contribution in [0.1, 0.15) is 51.3 Å². The predicted molar refractivity (Wildman–Crippen MR) is 121 cm³/mol. The number of carbonyl (C=O) groups is 3. The van der Waals surface area contributed by atoms with E-state index in [1.165, 1.54) is 6.92 Å². The Labute approximate surface area is 192 Å². The molecule has 5 rings (SSSR count). The van der Waals surface area contributed by atoms with Crippen LogP contribution in [0.4, 0.5) is 11.5 Å². The third kappa shape index (κ3) is 3.72. The van der Waals surface area contributed by atoms with Crippen molar-refractivity contribution in [3.05, 3.63) is 52.7 Å². The number of carbonyl (C=O) groups excluding carboxylic acids is 3. The minimum Gasteiger partial charge on any atom is -0.388 e. The number of amides is 3. The first-order valence-electron chi connectivity index (χ1n) is 11.2. The average molecular weight is 450 g/mol. The molecule has 0 aliphatic carbocycles. The number of hydrogen-bond acceptors (Lipinski definition) is 6. The van der Waals surface area contributed by atoms with Crippen LogP contribution in [-0.4, -0.2) is 82.3 Å². The van der Waals surface area contributed by atoms with E-state index in [9.17, 15) is 19.5 Å². The second-order valence-corrected chi connectivity index (χ2v) is 8.89. The smallest absolute Gasteiger partial charge is 0.255 e. The first-order valence-corrected chi connectivity index (χ1v) is 11.2. The van der Waals surface area contributed by atoms with Crippen LogP contribution in [0.2, 0.25) is 0 Å². The molecule has 1 N–H and O–H groups in total. The van der Waals surface area contributed by atoms with E-state index in [1.54, 1.807) is 34.0 Å². The largest absolute Gasteiger partial charge is 0.388 e. The van der Waals surface area contributed by atoms with Gasteiger partial charge in [-0.15, -0.1) is 0 Å². The molecule has 9 heteroatoms. The molecule has 0 bridgehead atoms. The fourth-order valence-corrected chi connectivity index (χ4v) is 4.85. The predicted octanol–water partition coefficient (Wildman–Crippen LogP) is 1.55. The van der Waals surface area contributed by atoms with Gasteiger partial charge in [0.05, 0.1) is 11.7 Å². The maximum atomic E-state index is 13.1. The summed E-state index contributed by atoms with van der Waals surface area (Å²) in [7, 11) is 1.79. The van der Waals surface area contributed by atoms with Gasteiger partial charge >= 0.3 is 0 Å². The van der Waals surface area contributed by atoms with Crippen molar-refractivity contribution in [3.63, 3.8) is 0 Å². The topological polar surface area (TPSA) is 97.3 Å². The molecule has 3 aliphatic heterocycles. The first kappa shape index (κ1) is 21.4. The van der Waals surface area contributed by atoms with E-state index >= 15 is 0 Å². The van der Waals surface area contributed by atoms with Crippen LogP contribution < -0.4 is 4.90 Å². The van der Waals surface area contributed by atoms with Crippen molar-refractivity contribution in [2.75, 3.05) is 44.7 Å². The van der Waals surface area contributed by atoms with Gasteiger partial charge in [0.25, 0.3) is 11.8 Å². The second kappa shape index (κ2) is 8.15. The molecule has 172 valence electrons. The Hall–Kier alpha value is -3.46. The second-order valence-electron chi connectivity index (χ2n) is 8.89. The van der Waals surface area contributed by atoms with Gasteiger partial charge in [-0.3, -0.25) is 14.4 Å². The summed E-state index contributed by atoms with van der Waals surface area (Å²) in [4.78, 5) is 48.6. The van der Waals surface area contributed by atoms with Crippen LogP contribution in [0.3, 0.4) is 0 Å². The number of piperazine rings is 1. The van der Waals surface area contributed by atoms with E-state index in [0.717, 1.165) is 16.8 Å². The number of aliphatic hydroxyl groups is 1. The van der Waals surface area contributed by atoms with Crippen molar-refractivity contribution in [1.82, 2.24) is 19.7 Å². The van der Waals surface area contributed by atoms with Crippen molar-refractivity contribution >= 4 is 29.2 Å². The van der Waals surface area contributed by atoms with Crippen molar-refractivity contribution in [2.24, 2.45) is 0 Å². The highest BCUT2D eigenvalue weighted by Crippen LogP contribution is 2.38. The van der Waals surface area contributed by atoms with E-state index < -0.39 is 6.10 Å².